The molecule has 0 saturated carbocycles. The van der Waals surface area contributed by atoms with Gasteiger partial charge in [-0.05, 0) is 64.0 Å². The first kappa shape index (κ1) is 24.5. The van der Waals surface area contributed by atoms with Crippen molar-refractivity contribution in [1.29, 1.82) is 0 Å². The van der Waals surface area contributed by atoms with E-state index < -0.39 is 11.8 Å². The van der Waals surface area contributed by atoms with E-state index in [-0.39, 0.29) is 12.5 Å². The third-order valence-electron chi connectivity index (χ3n) is 4.85. The normalized spacial score (nSPS) is 12.5. The maximum Gasteiger partial charge on any atom is 0.287 e. The first-order chi connectivity index (χ1) is 16.9. The molecular formula is C25H19Br2N3O5. The Kier molecular flexibility index (Phi) is 7.84. The van der Waals surface area contributed by atoms with Crippen LogP contribution in [0.15, 0.2) is 80.4 Å². The maximum atomic E-state index is 13.0. The summed E-state index contributed by atoms with van der Waals surface area (Å²) in [6.07, 6.45) is 2.98. The fourth-order valence-corrected chi connectivity index (χ4v) is 4.64. The summed E-state index contributed by atoms with van der Waals surface area (Å²) in [5.74, 6) is 0.670. The van der Waals surface area contributed by atoms with Crippen molar-refractivity contribution in [1.82, 2.24) is 10.7 Å². The number of hydrogen-bond donors (Lipinski definition) is 2. The highest BCUT2D eigenvalue weighted by molar-refractivity contribution is 9.11. The number of amides is 2. The quantitative estimate of drug-likeness (QED) is 0.229. The molecule has 0 atom stereocenters. The molecule has 1 heterocycles. The monoisotopic (exact) mass is 599 g/mol. The highest BCUT2D eigenvalue weighted by atomic mass is 79.9. The van der Waals surface area contributed by atoms with Crippen LogP contribution in [-0.4, -0.2) is 31.9 Å². The lowest BCUT2D eigenvalue weighted by molar-refractivity contribution is -0.117. The number of carbonyl (C=O) groups is 2. The van der Waals surface area contributed by atoms with Crippen LogP contribution in [0, 0.1) is 0 Å². The van der Waals surface area contributed by atoms with Gasteiger partial charge in [0, 0.05) is 15.6 Å². The van der Waals surface area contributed by atoms with Gasteiger partial charge in [0.15, 0.2) is 11.5 Å². The lowest BCUT2D eigenvalue weighted by Gasteiger charge is -2.10. The molecule has 10 heteroatoms. The molecule has 0 spiro atoms. The van der Waals surface area contributed by atoms with E-state index in [4.69, 9.17) is 14.2 Å². The van der Waals surface area contributed by atoms with Crippen LogP contribution in [0.3, 0.4) is 0 Å². The first-order valence-corrected chi connectivity index (χ1v) is 11.9. The standard InChI is InChI=1S/C25H19Br2N3O5/c1-33-23-17(11-18(26)12-19(23)27)13-28-30-25(32)20(29-24(31)16-5-3-2-4-6-16)9-15-7-8-21-22(10-15)35-14-34-21/h2-13H,14H2,1H3,(H,29,31)(H,30,32). The molecule has 8 nitrogen and oxygen atoms in total. The molecule has 178 valence electrons. The summed E-state index contributed by atoms with van der Waals surface area (Å²) in [7, 11) is 1.54. The summed E-state index contributed by atoms with van der Waals surface area (Å²) in [4.78, 5) is 25.8. The van der Waals surface area contributed by atoms with Gasteiger partial charge in [-0.2, -0.15) is 5.10 Å². The zero-order valence-electron chi connectivity index (χ0n) is 18.4. The smallest absolute Gasteiger partial charge is 0.287 e. The van der Waals surface area contributed by atoms with Crippen molar-refractivity contribution in [3.63, 3.8) is 0 Å². The van der Waals surface area contributed by atoms with Crippen molar-refractivity contribution in [3.8, 4) is 17.2 Å². The Labute approximate surface area is 218 Å². The largest absolute Gasteiger partial charge is 0.495 e. The highest BCUT2D eigenvalue weighted by Crippen LogP contribution is 2.33. The van der Waals surface area contributed by atoms with Crippen LogP contribution in [-0.2, 0) is 4.79 Å². The summed E-state index contributed by atoms with van der Waals surface area (Å²) in [5, 5.41) is 6.71. The Hall–Kier alpha value is -3.63. The maximum absolute atomic E-state index is 13.0. The molecule has 0 aliphatic carbocycles. The number of rotatable bonds is 7. The van der Waals surface area contributed by atoms with Crippen molar-refractivity contribution in [3.05, 3.63) is 92.0 Å². The van der Waals surface area contributed by atoms with E-state index in [1.165, 1.54) is 19.4 Å². The predicted octanol–water partition coefficient (Wildman–Crippen LogP) is 4.87. The van der Waals surface area contributed by atoms with Crippen LogP contribution < -0.4 is 25.0 Å². The van der Waals surface area contributed by atoms with Crippen molar-refractivity contribution in [2.75, 3.05) is 13.9 Å². The molecule has 1 aliphatic rings. The second-order valence-electron chi connectivity index (χ2n) is 7.20. The van der Waals surface area contributed by atoms with Crippen LogP contribution in [0.1, 0.15) is 21.5 Å². The minimum absolute atomic E-state index is 0.00254. The van der Waals surface area contributed by atoms with E-state index in [0.29, 0.717) is 33.9 Å². The fourth-order valence-electron chi connectivity index (χ4n) is 3.22. The first-order valence-electron chi connectivity index (χ1n) is 10.3. The van der Waals surface area contributed by atoms with Gasteiger partial charge in [-0.15, -0.1) is 0 Å². The summed E-state index contributed by atoms with van der Waals surface area (Å²) >= 11 is 6.85. The number of halogens is 2. The summed E-state index contributed by atoms with van der Waals surface area (Å²) in [6.45, 7) is 0.129. The Bertz CT molecular complexity index is 1330. The van der Waals surface area contributed by atoms with Gasteiger partial charge in [-0.3, -0.25) is 9.59 Å². The average molecular weight is 601 g/mol. The van der Waals surface area contributed by atoms with E-state index >= 15 is 0 Å². The van der Waals surface area contributed by atoms with E-state index in [0.717, 1.165) is 8.95 Å². The lowest BCUT2D eigenvalue weighted by Crippen LogP contribution is -2.32. The number of nitrogens with one attached hydrogen (secondary N) is 2. The van der Waals surface area contributed by atoms with E-state index in [2.05, 4.69) is 47.7 Å². The molecule has 35 heavy (non-hydrogen) atoms. The van der Waals surface area contributed by atoms with Crippen molar-refractivity contribution < 1.29 is 23.8 Å². The number of benzene rings is 3. The van der Waals surface area contributed by atoms with E-state index in [1.54, 1.807) is 54.6 Å². The van der Waals surface area contributed by atoms with Crippen molar-refractivity contribution in [2.45, 2.75) is 0 Å². The molecule has 0 saturated heterocycles. The number of carbonyl (C=O) groups excluding carboxylic acids is 2. The second kappa shape index (κ2) is 11.2. The fraction of sp³-hybridized carbons (Fsp3) is 0.0800. The molecule has 2 amide bonds. The van der Waals surface area contributed by atoms with Crippen LogP contribution in [0.4, 0.5) is 0 Å². The van der Waals surface area contributed by atoms with Crippen LogP contribution >= 0.6 is 31.9 Å². The third kappa shape index (κ3) is 6.09. The minimum Gasteiger partial charge on any atom is -0.495 e. The number of ether oxygens (including phenoxy) is 3. The molecule has 3 aromatic carbocycles. The summed E-state index contributed by atoms with van der Waals surface area (Å²) in [6, 6.07) is 17.4. The Balaban J connectivity index is 1.58. The number of hydrogen-bond acceptors (Lipinski definition) is 6. The lowest BCUT2D eigenvalue weighted by atomic mass is 10.1. The number of hydrazone groups is 1. The molecular weight excluding hydrogens is 582 g/mol. The molecule has 2 N–H and O–H groups in total. The topological polar surface area (TPSA) is 98.2 Å². The van der Waals surface area contributed by atoms with Crippen LogP contribution in [0.5, 0.6) is 17.2 Å². The van der Waals surface area contributed by atoms with Gasteiger partial charge in [0.1, 0.15) is 11.4 Å². The van der Waals surface area contributed by atoms with Crippen molar-refractivity contribution in [2.24, 2.45) is 5.10 Å². The Morgan fingerprint density at radius 2 is 1.80 bits per heavy atom. The number of nitrogens with zero attached hydrogens (tertiary/aromatic N) is 1. The van der Waals surface area contributed by atoms with Crippen molar-refractivity contribution >= 4 is 56.0 Å². The molecule has 3 aromatic rings. The number of methoxy groups -OCH3 is 1. The van der Waals surface area contributed by atoms with Gasteiger partial charge in [0.2, 0.25) is 6.79 Å². The molecule has 0 unspecified atom stereocenters. The minimum atomic E-state index is -0.615. The zero-order chi connectivity index (χ0) is 24.8. The van der Waals surface area contributed by atoms with Gasteiger partial charge < -0.3 is 19.5 Å². The Morgan fingerprint density at radius 1 is 1.03 bits per heavy atom. The molecule has 0 fully saturated rings. The Morgan fingerprint density at radius 3 is 2.57 bits per heavy atom. The number of fused-ring (bicyclic) bond motifs is 1. The predicted molar refractivity (Wildman–Crippen MR) is 139 cm³/mol. The van der Waals surface area contributed by atoms with Gasteiger partial charge in [-0.1, -0.05) is 40.2 Å². The molecule has 1 aliphatic heterocycles. The molecule has 0 bridgehead atoms. The van der Waals surface area contributed by atoms with Gasteiger partial charge in [-0.25, -0.2) is 5.43 Å². The second-order valence-corrected chi connectivity index (χ2v) is 8.97. The molecule has 4 rings (SSSR count). The summed E-state index contributed by atoms with van der Waals surface area (Å²) in [5.41, 5.74) is 4.12. The van der Waals surface area contributed by atoms with E-state index in [9.17, 15) is 9.59 Å². The van der Waals surface area contributed by atoms with Gasteiger partial charge in [0.25, 0.3) is 11.8 Å². The van der Waals surface area contributed by atoms with Crippen LogP contribution in [0.25, 0.3) is 6.08 Å². The van der Waals surface area contributed by atoms with Gasteiger partial charge >= 0.3 is 0 Å². The third-order valence-corrected chi connectivity index (χ3v) is 5.89. The summed E-state index contributed by atoms with van der Waals surface area (Å²) < 4.78 is 17.7. The average Bonchev–Trinajstić information content (AvgIpc) is 3.32. The SMILES string of the molecule is COc1c(Br)cc(Br)cc1C=NNC(=O)C(=Cc1ccc2c(c1)OCO2)NC(=O)c1ccccc1. The van der Waals surface area contributed by atoms with Crippen LogP contribution in [0.2, 0.25) is 0 Å². The van der Waals surface area contributed by atoms with E-state index in [1.807, 2.05) is 6.07 Å². The highest BCUT2D eigenvalue weighted by Gasteiger charge is 2.17. The zero-order valence-corrected chi connectivity index (χ0v) is 21.6. The molecule has 0 aromatic heterocycles. The van der Waals surface area contributed by atoms with Gasteiger partial charge in [0.05, 0.1) is 17.8 Å². The molecule has 0 radical (unpaired) electrons.